The van der Waals surface area contributed by atoms with E-state index in [-0.39, 0.29) is 17.5 Å². The molecule has 8 heteroatoms. The van der Waals surface area contributed by atoms with Gasteiger partial charge < -0.3 is 26.0 Å². The fraction of sp³-hybridized carbons (Fsp3) is 0.417. The van der Waals surface area contributed by atoms with Gasteiger partial charge in [-0.05, 0) is 60.7 Å². The predicted octanol–water partition coefficient (Wildman–Crippen LogP) is 2.36. The Kier molecular flexibility index (Phi) is 5.92. The molecule has 7 nitrogen and oxygen atoms in total. The summed E-state index contributed by atoms with van der Waals surface area (Å²) in [7, 11) is 1.82. The molecule has 0 radical (unpaired) electrons. The molecule has 1 saturated heterocycles. The van der Waals surface area contributed by atoms with Gasteiger partial charge in [-0.25, -0.2) is 4.39 Å². The Morgan fingerprint density at radius 3 is 2.22 bits per heavy atom. The summed E-state index contributed by atoms with van der Waals surface area (Å²) >= 11 is 0. The lowest BCUT2D eigenvalue weighted by Crippen LogP contribution is -2.53. The molecule has 4 rings (SSSR count). The first-order chi connectivity index (χ1) is 15.2. The van der Waals surface area contributed by atoms with Gasteiger partial charge in [-0.3, -0.25) is 9.59 Å². The van der Waals surface area contributed by atoms with Crippen molar-refractivity contribution in [2.75, 3.05) is 38.5 Å². The zero-order chi connectivity index (χ0) is 23.0. The molecule has 1 aliphatic heterocycles. The van der Waals surface area contributed by atoms with E-state index in [2.05, 4.69) is 5.32 Å². The summed E-state index contributed by atoms with van der Waals surface area (Å²) in [5, 5.41) is 13.1. The lowest BCUT2D eigenvalue weighted by molar-refractivity contribution is -0.143. The predicted molar refractivity (Wildman–Crippen MR) is 121 cm³/mol. The van der Waals surface area contributed by atoms with Crippen LogP contribution in [0.1, 0.15) is 41.7 Å². The van der Waals surface area contributed by atoms with Gasteiger partial charge in [0, 0.05) is 45.0 Å². The van der Waals surface area contributed by atoms with Crippen molar-refractivity contribution in [3.63, 3.8) is 0 Å². The Bertz CT molecular complexity index is 1040. The normalized spacial score (nSPS) is 18.3. The second-order valence-electron chi connectivity index (χ2n) is 8.65. The van der Waals surface area contributed by atoms with Crippen molar-refractivity contribution < 1.29 is 19.1 Å². The van der Waals surface area contributed by atoms with Gasteiger partial charge in [-0.2, -0.15) is 0 Å². The van der Waals surface area contributed by atoms with Crippen LogP contribution in [0.25, 0.3) is 11.1 Å². The minimum Gasteiger partial charge on any atom is -0.388 e. The second kappa shape index (κ2) is 8.52. The number of nitrogens with one attached hydrogen (secondary N) is 1. The summed E-state index contributed by atoms with van der Waals surface area (Å²) in [4.78, 5) is 28.3. The number of hydrogen-bond donors (Lipinski definition) is 3. The molecular formula is C24H29FN4O3. The van der Waals surface area contributed by atoms with Crippen LogP contribution in [-0.4, -0.2) is 65.5 Å². The highest BCUT2D eigenvalue weighted by atomic mass is 19.1. The van der Waals surface area contributed by atoms with Gasteiger partial charge >= 0.3 is 0 Å². The third-order valence-electron chi connectivity index (χ3n) is 6.32. The molecule has 1 atom stereocenters. The molecule has 2 amide bonds. The smallest absolute Gasteiger partial charge is 0.256 e. The standard InChI is InChI=1S/C24H29FN4O3/c1-15(26)19-13-16(4-6-21(19)27-2)17-3-5-18(20(25)14-17)22(30)28-9-11-29(12-10-28)23(31)24(32)7-8-24/h3-6,13-15,27,32H,7-12,26H2,1-2H3. The van der Waals surface area contributed by atoms with Crippen molar-refractivity contribution in [1.29, 1.82) is 0 Å². The molecular weight excluding hydrogens is 411 g/mol. The van der Waals surface area contributed by atoms with Crippen LogP contribution in [0.4, 0.5) is 10.1 Å². The summed E-state index contributed by atoms with van der Waals surface area (Å²) < 4.78 is 14.9. The van der Waals surface area contributed by atoms with Crippen LogP contribution in [0.3, 0.4) is 0 Å². The van der Waals surface area contributed by atoms with Gasteiger partial charge in [0.2, 0.25) is 0 Å². The SMILES string of the molecule is CNc1ccc(-c2ccc(C(=O)N3CCN(C(=O)C4(O)CC4)CC3)c(F)c2)cc1C(C)N. The number of anilines is 1. The zero-order valence-corrected chi connectivity index (χ0v) is 18.4. The molecule has 0 aromatic heterocycles. The number of halogens is 1. The van der Waals surface area contributed by atoms with E-state index >= 15 is 0 Å². The van der Waals surface area contributed by atoms with E-state index in [1.165, 1.54) is 12.1 Å². The average molecular weight is 441 g/mol. The Labute approximate surface area is 187 Å². The highest BCUT2D eigenvalue weighted by molar-refractivity contribution is 5.95. The first-order valence-electron chi connectivity index (χ1n) is 10.9. The Balaban J connectivity index is 1.47. The van der Waals surface area contributed by atoms with E-state index in [1.807, 2.05) is 32.2 Å². The maximum Gasteiger partial charge on any atom is 0.256 e. The molecule has 1 aliphatic carbocycles. The maximum atomic E-state index is 14.9. The molecule has 1 heterocycles. The van der Waals surface area contributed by atoms with Crippen LogP contribution in [0.5, 0.6) is 0 Å². The molecule has 170 valence electrons. The lowest BCUT2D eigenvalue weighted by Gasteiger charge is -2.35. The van der Waals surface area contributed by atoms with Crippen LogP contribution >= 0.6 is 0 Å². The number of piperazine rings is 1. The van der Waals surface area contributed by atoms with E-state index in [1.54, 1.807) is 15.9 Å². The fourth-order valence-corrected chi connectivity index (χ4v) is 4.12. The monoisotopic (exact) mass is 440 g/mol. The largest absolute Gasteiger partial charge is 0.388 e. The number of benzene rings is 2. The zero-order valence-electron chi connectivity index (χ0n) is 18.4. The Morgan fingerprint density at radius 1 is 1.06 bits per heavy atom. The second-order valence-corrected chi connectivity index (χ2v) is 8.65. The Morgan fingerprint density at radius 2 is 1.66 bits per heavy atom. The number of nitrogens with two attached hydrogens (primary N) is 1. The number of aliphatic hydroxyl groups is 1. The summed E-state index contributed by atoms with van der Waals surface area (Å²) in [5.74, 6) is -1.25. The van der Waals surface area contributed by atoms with Crippen molar-refractivity contribution in [3.8, 4) is 11.1 Å². The number of amides is 2. The van der Waals surface area contributed by atoms with Gasteiger partial charge in [0.15, 0.2) is 0 Å². The van der Waals surface area contributed by atoms with E-state index in [0.717, 1.165) is 16.8 Å². The molecule has 4 N–H and O–H groups in total. The van der Waals surface area contributed by atoms with Gasteiger partial charge in [0.25, 0.3) is 11.8 Å². The van der Waals surface area contributed by atoms with E-state index in [4.69, 9.17) is 5.73 Å². The van der Waals surface area contributed by atoms with Crippen molar-refractivity contribution in [2.45, 2.75) is 31.4 Å². The highest BCUT2D eigenvalue weighted by Crippen LogP contribution is 2.37. The number of rotatable bonds is 5. The number of carbonyl (C=O) groups excluding carboxylic acids is 2. The molecule has 1 saturated carbocycles. The van der Waals surface area contributed by atoms with Crippen LogP contribution in [0.2, 0.25) is 0 Å². The lowest BCUT2D eigenvalue weighted by atomic mass is 9.97. The number of carbonyl (C=O) groups is 2. The fourth-order valence-electron chi connectivity index (χ4n) is 4.12. The van der Waals surface area contributed by atoms with Gasteiger partial charge in [0.05, 0.1) is 5.56 Å². The van der Waals surface area contributed by atoms with Crippen molar-refractivity contribution >= 4 is 17.5 Å². The first-order valence-corrected chi connectivity index (χ1v) is 10.9. The van der Waals surface area contributed by atoms with Crippen LogP contribution < -0.4 is 11.1 Å². The molecule has 2 aromatic rings. The minimum absolute atomic E-state index is 0.00797. The van der Waals surface area contributed by atoms with Gasteiger partial charge in [-0.15, -0.1) is 0 Å². The molecule has 2 fully saturated rings. The molecule has 0 bridgehead atoms. The molecule has 2 aromatic carbocycles. The van der Waals surface area contributed by atoms with Crippen molar-refractivity contribution in [2.24, 2.45) is 5.73 Å². The minimum atomic E-state index is -1.21. The summed E-state index contributed by atoms with van der Waals surface area (Å²) in [5.41, 5.74) is 8.19. The van der Waals surface area contributed by atoms with E-state index in [0.29, 0.717) is 44.6 Å². The van der Waals surface area contributed by atoms with E-state index < -0.39 is 17.3 Å². The van der Waals surface area contributed by atoms with Crippen LogP contribution in [0, 0.1) is 5.82 Å². The van der Waals surface area contributed by atoms with Crippen molar-refractivity contribution in [1.82, 2.24) is 9.80 Å². The van der Waals surface area contributed by atoms with E-state index in [9.17, 15) is 19.1 Å². The number of hydrogen-bond acceptors (Lipinski definition) is 5. The quantitative estimate of drug-likeness (QED) is 0.663. The molecule has 2 aliphatic rings. The van der Waals surface area contributed by atoms with Crippen molar-refractivity contribution in [3.05, 3.63) is 53.3 Å². The average Bonchev–Trinajstić information content (AvgIpc) is 3.56. The summed E-state index contributed by atoms with van der Waals surface area (Å²) in [6, 6.07) is 10.1. The van der Waals surface area contributed by atoms with Crippen LogP contribution in [0.15, 0.2) is 36.4 Å². The number of nitrogens with zero attached hydrogens (tertiary/aromatic N) is 2. The van der Waals surface area contributed by atoms with Gasteiger partial charge in [-0.1, -0.05) is 12.1 Å². The third-order valence-corrected chi connectivity index (χ3v) is 6.32. The summed E-state index contributed by atoms with van der Waals surface area (Å²) in [6.45, 7) is 3.19. The third kappa shape index (κ3) is 4.20. The molecule has 32 heavy (non-hydrogen) atoms. The topological polar surface area (TPSA) is 98.9 Å². The maximum absolute atomic E-state index is 14.9. The summed E-state index contributed by atoms with van der Waals surface area (Å²) in [6.07, 6.45) is 0.984. The van der Waals surface area contributed by atoms with Gasteiger partial charge in [0.1, 0.15) is 11.4 Å². The molecule has 0 spiro atoms. The Hall–Kier alpha value is -2.97. The van der Waals surface area contributed by atoms with Crippen LogP contribution in [-0.2, 0) is 4.79 Å². The molecule has 1 unspecified atom stereocenters. The highest BCUT2D eigenvalue weighted by Gasteiger charge is 2.50. The first kappa shape index (κ1) is 22.2.